The van der Waals surface area contributed by atoms with Gasteiger partial charge in [-0.25, -0.2) is 22.2 Å². The van der Waals surface area contributed by atoms with Gasteiger partial charge in [0.2, 0.25) is 0 Å². The van der Waals surface area contributed by atoms with E-state index in [2.05, 4.69) is 10.1 Å². The Morgan fingerprint density at radius 1 is 1.07 bits per heavy atom. The van der Waals surface area contributed by atoms with Crippen LogP contribution in [0.5, 0.6) is 11.5 Å². The number of pyridine rings is 1. The van der Waals surface area contributed by atoms with Crippen LogP contribution in [0.2, 0.25) is 0 Å². The summed E-state index contributed by atoms with van der Waals surface area (Å²) >= 11 is 0.936. The molecule has 6 rings (SSSR count). The summed E-state index contributed by atoms with van der Waals surface area (Å²) in [5.41, 5.74) is 2.73. The number of Topliss-reactive ketones (excluding diaryl/α,β-unsaturated/α-hetero) is 1. The predicted octanol–water partition coefficient (Wildman–Crippen LogP) is 5.85. The van der Waals surface area contributed by atoms with Gasteiger partial charge in [0.1, 0.15) is 29.5 Å². The molecule has 11 heteroatoms. The molecule has 0 radical (unpaired) electrons. The maximum atomic E-state index is 14.2. The molecule has 204 valence electrons. The van der Waals surface area contributed by atoms with Gasteiger partial charge in [-0.2, -0.15) is 5.10 Å². The van der Waals surface area contributed by atoms with Crippen LogP contribution in [0, 0.1) is 22.9 Å². The summed E-state index contributed by atoms with van der Waals surface area (Å²) in [6.07, 6.45) is 6.21. The van der Waals surface area contributed by atoms with Gasteiger partial charge in [-0.3, -0.25) is 9.78 Å². The van der Waals surface area contributed by atoms with Crippen LogP contribution in [0.3, 0.4) is 0 Å². The van der Waals surface area contributed by atoms with Crippen LogP contribution in [0.4, 0.5) is 13.2 Å². The first-order valence-corrected chi connectivity index (χ1v) is 13.2. The summed E-state index contributed by atoms with van der Waals surface area (Å²) in [5.74, 6) is -2.71. The molecule has 1 aliphatic heterocycles. The molecule has 1 fully saturated rings. The lowest BCUT2D eigenvalue weighted by molar-refractivity contribution is 0.0773. The molecule has 1 unspecified atom stereocenters. The number of halogens is 3. The van der Waals surface area contributed by atoms with Gasteiger partial charge in [-0.1, -0.05) is 11.6 Å². The van der Waals surface area contributed by atoms with Crippen molar-refractivity contribution < 1.29 is 26.9 Å². The van der Waals surface area contributed by atoms with Crippen molar-refractivity contribution in [1.29, 1.82) is 0 Å². The average molecular weight is 565 g/mol. The minimum atomic E-state index is -0.955. The van der Waals surface area contributed by atoms with Crippen molar-refractivity contribution in [3.05, 3.63) is 107 Å². The van der Waals surface area contributed by atoms with E-state index in [4.69, 9.17) is 8.92 Å². The number of nitrogens with zero attached hydrogens (tertiary/aromatic N) is 4. The molecule has 1 atom stereocenters. The minimum absolute atomic E-state index is 0.0150. The van der Waals surface area contributed by atoms with E-state index in [9.17, 15) is 18.0 Å². The van der Waals surface area contributed by atoms with E-state index in [1.54, 1.807) is 47.4 Å². The third kappa shape index (κ3) is 4.65. The first-order chi connectivity index (χ1) is 19.4. The highest BCUT2D eigenvalue weighted by Gasteiger charge is 2.49. The van der Waals surface area contributed by atoms with Gasteiger partial charge in [0.25, 0.3) is 0 Å². The van der Waals surface area contributed by atoms with Gasteiger partial charge in [0.15, 0.2) is 23.2 Å². The molecule has 0 amide bonds. The van der Waals surface area contributed by atoms with Crippen LogP contribution in [-0.2, 0) is 6.42 Å². The molecule has 7 nitrogen and oxygen atoms in total. The fourth-order valence-corrected chi connectivity index (χ4v) is 6.01. The van der Waals surface area contributed by atoms with Crippen molar-refractivity contribution in [2.24, 2.45) is 5.41 Å². The number of fused-ring (bicyclic) bond motifs is 2. The Morgan fingerprint density at radius 2 is 1.85 bits per heavy atom. The fourth-order valence-electron chi connectivity index (χ4n) is 5.29. The Labute approximate surface area is 232 Å². The second-order valence-electron chi connectivity index (χ2n) is 9.61. The second kappa shape index (κ2) is 10.5. The summed E-state index contributed by atoms with van der Waals surface area (Å²) < 4.78 is 55.9. The highest BCUT2D eigenvalue weighted by atomic mass is 32.2. The maximum Gasteiger partial charge on any atom is 0.192 e. The number of aromatic nitrogens is 3. The SMILES string of the molecule is COc1c(F)cc(OSN2CCC3=Cc4c(cnn4-c4ccc(F)cc4)CC3(C(=O)c3ccccn3)C2)cc1F. The molecule has 0 N–H and O–H groups in total. The number of carbonyl (C=O) groups excluding carboxylic acids is 1. The van der Waals surface area contributed by atoms with Gasteiger partial charge >= 0.3 is 0 Å². The first kappa shape index (κ1) is 26.1. The zero-order valence-corrected chi connectivity index (χ0v) is 22.1. The molecule has 0 spiro atoms. The van der Waals surface area contributed by atoms with Crippen molar-refractivity contribution in [3.8, 4) is 17.2 Å². The van der Waals surface area contributed by atoms with E-state index in [0.717, 1.165) is 41.2 Å². The second-order valence-corrected chi connectivity index (χ2v) is 10.4. The fraction of sp³-hybridized carbons (Fsp3) is 0.207. The molecule has 40 heavy (non-hydrogen) atoms. The molecule has 0 saturated carbocycles. The smallest absolute Gasteiger partial charge is 0.192 e. The van der Waals surface area contributed by atoms with E-state index >= 15 is 0 Å². The molecule has 2 aliphatic rings. The molecule has 3 heterocycles. The summed E-state index contributed by atoms with van der Waals surface area (Å²) in [6, 6.07) is 13.4. The van der Waals surface area contributed by atoms with Gasteiger partial charge in [-0.05, 0) is 60.9 Å². The van der Waals surface area contributed by atoms with Crippen molar-refractivity contribution in [3.63, 3.8) is 0 Å². The topological polar surface area (TPSA) is 69.5 Å². The van der Waals surface area contributed by atoms with Crippen LogP contribution in [-0.4, -0.2) is 45.1 Å². The first-order valence-electron chi connectivity index (χ1n) is 12.5. The number of carbonyl (C=O) groups is 1. The number of ether oxygens (including phenoxy) is 1. The van der Waals surface area contributed by atoms with Crippen LogP contribution in [0.25, 0.3) is 11.8 Å². The Kier molecular flexibility index (Phi) is 6.85. The number of methoxy groups -OCH3 is 1. The quantitative estimate of drug-likeness (QED) is 0.159. The standard InChI is InChI=1S/C29H23F3N4O3S/c1-38-27-23(31)13-22(14-24(27)32)39-40-35-11-9-19-12-26-18(16-34-36(26)21-7-5-20(30)6-8-21)15-29(19,17-35)28(37)25-4-2-3-10-33-25/h2-8,10,12-14,16H,9,11,15,17H2,1H3. The summed E-state index contributed by atoms with van der Waals surface area (Å²) in [5, 5.41) is 4.54. The zero-order chi connectivity index (χ0) is 27.9. The molecule has 1 aliphatic carbocycles. The summed E-state index contributed by atoms with van der Waals surface area (Å²) in [6.45, 7) is 0.802. The molecule has 2 aromatic heterocycles. The van der Waals surface area contributed by atoms with Gasteiger partial charge < -0.3 is 8.92 Å². The highest BCUT2D eigenvalue weighted by molar-refractivity contribution is 7.92. The van der Waals surface area contributed by atoms with Gasteiger partial charge in [-0.15, -0.1) is 0 Å². The third-order valence-electron chi connectivity index (χ3n) is 7.20. The minimum Gasteiger partial charge on any atom is -0.491 e. The lowest BCUT2D eigenvalue weighted by atomic mass is 9.65. The van der Waals surface area contributed by atoms with Crippen molar-refractivity contribution in [2.75, 3.05) is 20.2 Å². The monoisotopic (exact) mass is 564 g/mol. The Balaban J connectivity index is 1.32. The van der Waals surface area contributed by atoms with Crippen LogP contribution in [0.15, 0.2) is 72.6 Å². The Bertz CT molecular complexity index is 1590. The number of benzene rings is 2. The van der Waals surface area contributed by atoms with E-state index in [-0.39, 0.29) is 23.9 Å². The zero-order valence-electron chi connectivity index (χ0n) is 21.3. The van der Waals surface area contributed by atoms with Crippen LogP contribution >= 0.6 is 12.2 Å². The normalized spacial score (nSPS) is 18.4. The van der Waals surface area contributed by atoms with E-state index in [1.807, 2.05) is 10.4 Å². The van der Waals surface area contributed by atoms with E-state index < -0.39 is 22.8 Å². The Morgan fingerprint density at radius 3 is 2.55 bits per heavy atom. The maximum absolute atomic E-state index is 14.2. The predicted molar refractivity (Wildman–Crippen MR) is 144 cm³/mol. The number of ketones is 1. The van der Waals surface area contributed by atoms with E-state index in [1.165, 1.54) is 19.2 Å². The molecular formula is C29H23F3N4O3S. The average Bonchev–Trinajstić information content (AvgIpc) is 3.37. The molecule has 2 aromatic carbocycles. The highest BCUT2D eigenvalue weighted by Crippen LogP contribution is 2.47. The lowest BCUT2D eigenvalue weighted by Crippen LogP contribution is -2.50. The number of hydrogen-bond acceptors (Lipinski definition) is 7. The third-order valence-corrected chi connectivity index (χ3v) is 7.99. The molecule has 0 bridgehead atoms. The van der Waals surface area contributed by atoms with E-state index in [0.29, 0.717) is 30.8 Å². The van der Waals surface area contributed by atoms with Crippen molar-refractivity contribution >= 4 is 24.1 Å². The number of hydrogen-bond donors (Lipinski definition) is 0. The van der Waals surface area contributed by atoms with Gasteiger partial charge in [0.05, 0.1) is 30.1 Å². The largest absolute Gasteiger partial charge is 0.491 e. The number of rotatable bonds is 7. The van der Waals surface area contributed by atoms with Crippen molar-refractivity contribution in [1.82, 2.24) is 19.1 Å². The summed E-state index contributed by atoms with van der Waals surface area (Å²) in [7, 11) is 1.19. The molecular weight excluding hydrogens is 541 g/mol. The molecule has 1 saturated heterocycles. The Hall–Kier alpha value is -4.09. The summed E-state index contributed by atoms with van der Waals surface area (Å²) in [4.78, 5) is 18.4. The van der Waals surface area contributed by atoms with Gasteiger partial charge in [0, 0.05) is 31.4 Å². The van der Waals surface area contributed by atoms with Crippen LogP contribution < -0.4 is 8.92 Å². The van der Waals surface area contributed by atoms with Crippen molar-refractivity contribution in [2.45, 2.75) is 12.8 Å². The van der Waals surface area contributed by atoms with Crippen LogP contribution in [0.1, 0.15) is 28.2 Å². The molecule has 4 aromatic rings. The number of piperidine rings is 1. The lowest BCUT2D eigenvalue weighted by Gasteiger charge is -2.44.